The predicted octanol–water partition coefficient (Wildman–Crippen LogP) is 3.17. The smallest absolute Gasteiger partial charge is 0.0900 e. The molecule has 1 N–H and O–H groups in total. The number of thiazole rings is 1. The summed E-state index contributed by atoms with van der Waals surface area (Å²) in [5.41, 5.74) is 1.21. The zero-order valence-electron chi connectivity index (χ0n) is 12.4. The van der Waals surface area contributed by atoms with Crippen LogP contribution < -0.4 is 5.32 Å². The third-order valence-corrected chi connectivity index (χ3v) is 5.23. The van der Waals surface area contributed by atoms with Gasteiger partial charge in [0.05, 0.1) is 10.7 Å². The van der Waals surface area contributed by atoms with Crippen molar-refractivity contribution in [3.63, 3.8) is 0 Å². The molecule has 1 atom stereocenters. The van der Waals surface area contributed by atoms with Gasteiger partial charge in [0.15, 0.2) is 0 Å². The first-order valence-corrected chi connectivity index (χ1v) is 7.74. The Kier molecular flexibility index (Phi) is 6.74. The first-order valence-electron chi connectivity index (χ1n) is 6.92. The highest BCUT2D eigenvalue weighted by atomic mass is 35.5. The van der Waals surface area contributed by atoms with E-state index in [1.54, 1.807) is 0 Å². The van der Waals surface area contributed by atoms with Gasteiger partial charge in [-0.25, -0.2) is 4.98 Å². The summed E-state index contributed by atoms with van der Waals surface area (Å²) < 4.78 is 0. The van der Waals surface area contributed by atoms with Gasteiger partial charge in [-0.3, -0.25) is 4.90 Å². The third-order valence-electron chi connectivity index (χ3n) is 3.98. The molecule has 1 fully saturated rings. The molecule has 1 aromatic heterocycles. The minimum Gasteiger partial charge on any atom is -0.317 e. The molecule has 110 valence electrons. The molecule has 5 heteroatoms. The van der Waals surface area contributed by atoms with Crippen LogP contribution in [0.15, 0.2) is 0 Å². The molecular formula is C14H26ClN3S. The van der Waals surface area contributed by atoms with Crippen molar-refractivity contribution in [2.45, 2.75) is 39.7 Å². The number of rotatable bonds is 4. The maximum Gasteiger partial charge on any atom is 0.0900 e. The second kappa shape index (κ2) is 7.58. The van der Waals surface area contributed by atoms with Crippen LogP contribution in [0.25, 0.3) is 0 Å². The first kappa shape index (κ1) is 16.9. The maximum atomic E-state index is 4.54. The number of piperidine rings is 1. The molecule has 1 unspecified atom stereocenters. The molecule has 1 aliphatic heterocycles. The molecule has 0 bridgehead atoms. The highest BCUT2D eigenvalue weighted by Crippen LogP contribution is 2.29. The van der Waals surface area contributed by atoms with E-state index >= 15 is 0 Å². The molecule has 2 heterocycles. The van der Waals surface area contributed by atoms with E-state index in [1.165, 1.54) is 48.1 Å². The summed E-state index contributed by atoms with van der Waals surface area (Å²) in [4.78, 5) is 8.47. The SMILES string of the molecule is Cc1nc(C)c(C(C)N(C)CC2CCNCC2)s1.Cl. The van der Waals surface area contributed by atoms with Gasteiger partial charge in [-0.05, 0) is 59.7 Å². The van der Waals surface area contributed by atoms with E-state index in [2.05, 4.69) is 43.0 Å². The lowest BCUT2D eigenvalue weighted by Crippen LogP contribution is -2.35. The average molecular weight is 304 g/mol. The Morgan fingerprint density at radius 3 is 2.53 bits per heavy atom. The van der Waals surface area contributed by atoms with Crippen molar-refractivity contribution in [2.24, 2.45) is 5.92 Å². The Hall–Kier alpha value is -0.160. The largest absolute Gasteiger partial charge is 0.317 e. The summed E-state index contributed by atoms with van der Waals surface area (Å²) in [6, 6.07) is 0.492. The molecular weight excluding hydrogens is 278 g/mol. The number of aromatic nitrogens is 1. The molecule has 1 aliphatic rings. The second-order valence-corrected chi connectivity index (χ2v) is 6.73. The molecule has 0 saturated carbocycles. The van der Waals surface area contributed by atoms with E-state index in [1.807, 2.05) is 11.3 Å². The van der Waals surface area contributed by atoms with Crippen molar-refractivity contribution in [2.75, 3.05) is 26.7 Å². The van der Waals surface area contributed by atoms with Gasteiger partial charge in [-0.2, -0.15) is 0 Å². The van der Waals surface area contributed by atoms with Crippen molar-refractivity contribution in [1.29, 1.82) is 0 Å². The van der Waals surface area contributed by atoms with E-state index < -0.39 is 0 Å². The molecule has 1 aromatic rings. The molecule has 0 aromatic carbocycles. The van der Waals surface area contributed by atoms with Gasteiger partial charge in [0.1, 0.15) is 0 Å². The van der Waals surface area contributed by atoms with Crippen LogP contribution in [0, 0.1) is 19.8 Å². The van der Waals surface area contributed by atoms with Crippen molar-refractivity contribution in [1.82, 2.24) is 15.2 Å². The number of hydrogen-bond acceptors (Lipinski definition) is 4. The summed E-state index contributed by atoms with van der Waals surface area (Å²) in [5, 5.41) is 4.62. The van der Waals surface area contributed by atoms with Gasteiger partial charge in [-0.1, -0.05) is 0 Å². The van der Waals surface area contributed by atoms with Gasteiger partial charge in [0.25, 0.3) is 0 Å². The van der Waals surface area contributed by atoms with Crippen molar-refractivity contribution >= 4 is 23.7 Å². The van der Waals surface area contributed by atoms with Crippen LogP contribution in [-0.4, -0.2) is 36.6 Å². The minimum absolute atomic E-state index is 0. The lowest BCUT2D eigenvalue weighted by Gasteiger charge is -2.31. The summed E-state index contributed by atoms with van der Waals surface area (Å²) >= 11 is 1.85. The van der Waals surface area contributed by atoms with E-state index in [0.717, 1.165) is 5.92 Å². The molecule has 0 amide bonds. The Balaban J connectivity index is 0.00000180. The molecule has 0 aliphatic carbocycles. The molecule has 1 saturated heterocycles. The van der Waals surface area contributed by atoms with Crippen LogP contribution in [0.4, 0.5) is 0 Å². The summed E-state index contributed by atoms with van der Waals surface area (Å²) in [6.07, 6.45) is 2.63. The Morgan fingerprint density at radius 2 is 2.00 bits per heavy atom. The maximum absolute atomic E-state index is 4.54. The molecule has 0 radical (unpaired) electrons. The van der Waals surface area contributed by atoms with Crippen LogP contribution >= 0.6 is 23.7 Å². The third kappa shape index (κ3) is 4.42. The van der Waals surface area contributed by atoms with E-state index in [9.17, 15) is 0 Å². The molecule has 19 heavy (non-hydrogen) atoms. The van der Waals surface area contributed by atoms with E-state index in [0.29, 0.717) is 6.04 Å². The predicted molar refractivity (Wildman–Crippen MR) is 85.5 cm³/mol. The zero-order valence-corrected chi connectivity index (χ0v) is 14.0. The lowest BCUT2D eigenvalue weighted by molar-refractivity contribution is 0.198. The summed E-state index contributed by atoms with van der Waals surface area (Å²) in [6.45, 7) is 10.1. The highest BCUT2D eigenvalue weighted by molar-refractivity contribution is 7.11. The van der Waals surface area contributed by atoms with Crippen molar-refractivity contribution in [3.05, 3.63) is 15.6 Å². The van der Waals surface area contributed by atoms with Gasteiger partial charge in [0, 0.05) is 17.5 Å². The zero-order chi connectivity index (χ0) is 13.1. The summed E-state index contributed by atoms with van der Waals surface area (Å²) in [5.74, 6) is 0.855. The number of halogens is 1. The number of aryl methyl sites for hydroxylation is 2. The molecule has 2 rings (SSSR count). The molecule has 0 spiro atoms. The Bertz CT molecular complexity index is 388. The topological polar surface area (TPSA) is 28.2 Å². The summed E-state index contributed by atoms with van der Waals surface area (Å²) in [7, 11) is 2.25. The second-order valence-electron chi connectivity index (χ2n) is 5.49. The average Bonchev–Trinajstić information content (AvgIpc) is 2.68. The van der Waals surface area contributed by atoms with Crippen molar-refractivity contribution in [3.8, 4) is 0 Å². The van der Waals surface area contributed by atoms with Gasteiger partial charge in [-0.15, -0.1) is 23.7 Å². The first-order chi connectivity index (χ1) is 8.58. The number of nitrogens with one attached hydrogen (secondary N) is 1. The van der Waals surface area contributed by atoms with E-state index in [-0.39, 0.29) is 12.4 Å². The highest BCUT2D eigenvalue weighted by Gasteiger charge is 2.21. The normalized spacial score (nSPS) is 18.4. The number of nitrogens with zero attached hydrogens (tertiary/aromatic N) is 2. The molecule has 3 nitrogen and oxygen atoms in total. The van der Waals surface area contributed by atoms with Crippen LogP contribution in [-0.2, 0) is 0 Å². The van der Waals surface area contributed by atoms with Gasteiger partial charge in [0.2, 0.25) is 0 Å². The number of hydrogen-bond donors (Lipinski definition) is 1. The van der Waals surface area contributed by atoms with Crippen LogP contribution in [0.3, 0.4) is 0 Å². The Labute approximate surface area is 127 Å². The fourth-order valence-electron chi connectivity index (χ4n) is 2.76. The Morgan fingerprint density at radius 1 is 1.37 bits per heavy atom. The fraction of sp³-hybridized carbons (Fsp3) is 0.786. The lowest BCUT2D eigenvalue weighted by atomic mass is 9.97. The van der Waals surface area contributed by atoms with E-state index in [4.69, 9.17) is 0 Å². The van der Waals surface area contributed by atoms with Gasteiger partial charge >= 0.3 is 0 Å². The quantitative estimate of drug-likeness (QED) is 0.926. The van der Waals surface area contributed by atoms with Crippen LogP contribution in [0.2, 0.25) is 0 Å². The minimum atomic E-state index is 0. The fourth-order valence-corrected chi connectivity index (χ4v) is 3.81. The van der Waals surface area contributed by atoms with Crippen LogP contribution in [0.1, 0.15) is 41.4 Å². The standard InChI is InChI=1S/C14H25N3S.ClH/c1-10-14(18-12(3)16-10)11(2)17(4)9-13-5-7-15-8-6-13;/h11,13,15H,5-9H2,1-4H3;1H. The van der Waals surface area contributed by atoms with Crippen LogP contribution in [0.5, 0.6) is 0 Å². The monoisotopic (exact) mass is 303 g/mol. The van der Waals surface area contributed by atoms with Gasteiger partial charge < -0.3 is 5.32 Å². The van der Waals surface area contributed by atoms with Crippen molar-refractivity contribution < 1.29 is 0 Å².